The van der Waals surface area contributed by atoms with E-state index in [9.17, 15) is 4.79 Å². The average molecular weight is 286 g/mol. The van der Waals surface area contributed by atoms with Crippen LogP contribution >= 0.6 is 12.2 Å². The van der Waals surface area contributed by atoms with Crippen molar-refractivity contribution in [2.45, 2.75) is 72.1 Å². The third-order valence-corrected chi connectivity index (χ3v) is 3.97. The van der Waals surface area contributed by atoms with Gasteiger partial charge in [-0.25, -0.2) is 0 Å². The van der Waals surface area contributed by atoms with Gasteiger partial charge in [-0.15, -0.1) is 0 Å². The van der Waals surface area contributed by atoms with Gasteiger partial charge in [0.1, 0.15) is 0 Å². The lowest BCUT2D eigenvalue weighted by atomic mass is 9.78. The highest BCUT2D eigenvalue weighted by Crippen LogP contribution is 2.30. The van der Waals surface area contributed by atoms with Crippen LogP contribution in [-0.2, 0) is 4.79 Å². The van der Waals surface area contributed by atoms with E-state index in [4.69, 9.17) is 18.0 Å². The van der Waals surface area contributed by atoms with E-state index in [0.29, 0.717) is 4.99 Å². The standard InChI is InChI=1S/C15H30N2OS/c1-4-7-8-9-12-17-14(18)15(10-5-2,11-6-3)13(16)19/h4-12H2,1-3H3,(H2,16,19)(H,17,18). The molecule has 0 bridgehead atoms. The van der Waals surface area contributed by atoms with Crippen LogP contribution in [-0.4, -0.2) is 17.4 Å². The lowest BCUT2D eigenvalue weighted by Gasteiger charge is -2.31. The van der Waals surface area contributed by atoms with Crippen molar-refractivity contribution >= 4 is 23.1 Å². The van der Waals surface area contributed by atoms with E-state index in [0.717, 1.165) is 38.6 Å². The van der Waals surface area contributed by atoms with Crippen LogP contribution in [0.5, 0.6) is 0 Å². The van der Waals surface area contributed by atoms with Gasteiger partial charge in [-0.2, -0.15) is 0 Å². The van der Waals surface area contributed by atoms with Gasteiger partial charge >= 0.3 is 0 Å². The quantitative estimate of drug-likeness (QED) is 0.451. The van der Waals surface area contributed by atoms with Crippen LogP contribution in [0.4, 0.5) is 0 Å². The van der Waals surface area contributed by atoms with E-state index in [1.165, 1.54) is 19.3 Å². The van der Waals surface area contributed by atoms with Crippen molar-refractivity contribution in [2.75, 3.05) is 6.54 Å². The molecule has 0 fully saturated rings. The summed E-state index contributed by atoms with van der Waals surface area (Å²) in [6.45, 7) is 7.05. The molecule has 3 nitrogen and oxygen atoms in total. The van der Waals surface area contributed by atoms with E-state index in [2.05, 4.69) is 26.1 Å². The van der Waals surface area contributed by atoms with Gasteiger partial charge in [-0.1, -0.05) is 65.1 Å². The minimum absolute atomic E-state index is 0.0280. The molecule has 19 heavy (non-hydrogen) atoms. The Balaban J connectivity index is 4.49. The molecule has 0 aromatic heterocycles. The summed E-state index contributed by atoms with van der Waals surface area (Å²) in [5, 5.41) is 3.03. The van der Waals surface area contributed by atoms with E-state index in [-0.39, 0.29) is 5.91 Å². The second kappa shape index (κ2) is 10.2. The summed E-state index contributed by atoms with van der Waals surface area (Å²) in [5.41, 5.74) is 5.23. The first-order valence-corrected chi connectivity index (χ1v) is 8.04. The maximum atomic E-state index is 12.4. The molecule has 0 rings (SSSR count). The van der Waals surface area contributed by atoms with Crippen molar-refractivity contribution in [1.29, 1.82) is 0 Å². The molecule has 0 heterocycles. The Morgan fingerprint density at radius 3 is 2.05 bits per heavy atom. The molecule has 0 radical (unpaired) electrons. The number of nitrogens with two attached hydrogens (primary N) is 1. The molecule has 3 N–H and O–H groups in total. The molecule has 0 aliphatic carbocycles. The highest BCUT2D eigenvalue weighted by atomic mass is 32.1. The van der Waals surface area contributed by atoms with Crippen LogP contribution in [0.3, 0.4) is 0 Å². The van der Waals surface area contributed by atoms with Crippen LogP contribution in [0.2, 0.25) is 0 Å². The summed E-state index contributed by atoms with van der Waals surface area (Å²) in [6, 6.07) is 0. The van der Waals surface area contributed by atoms with Crippen molar-refractivity contribution in [2.24, 2.45) is 11.1 Å². The third kappa shape index (κ3) is 5.89. The second-order valence-corrected chi connectivity index (χ2v) is 5.70. The molecule has 0 aromatic rings. The molecular formula is C15H30N2OS. The monoisotopic (exact) mass is 286 g/mol. The van der Waals surface area contributed by atoms with E-state index < -0.39 is 5.41 Å². The highest BCUT2D eigenvalue weighted by Gasteiger charge is 2.39. The van der Waals surface area contributed by atoms with Gasteiger partial charge < -0.3 is 11.1 Å². The Labute approximate surface area is 123 Å². The first-order valence-electron chi connectivity index (χ1n) is 7.63. The number of hydrogen-bond donors (Lipinski definition) is 2. The summed E-state index contributed by atoms with van der Waals surface area (Å²) in [7, 11) is 0. The van der Waals surface area contributed by atoms with Crippen molar-refractivity contribution in [3.05, 3.63) is 0 Å². The summed E-state index contributed by atoms with van der Waals surface area (Å²) in [6.07, 6.45) is 7.95. The molecular weight excluding hydrogens is 256 g/mol. The van der Waals surface area contributed by atoms with Crippen LogP contribution in [0.15, 0.2) is 0 Å². The number of amides is 1. The third-order valence-electron chi connectivity index (χ3n) is 3.58. The maximum absolute atomic E-state index is 12.4. The van der Waals surface area contributed by atoms with Gasteiger partial charge in [0.2, 0.25) is 5.91 Å². The molecule has 0 aliphatic rings. The number of nitrogens with one attached hydrogen (secondary N) is 1. The highest BCUT2D eigenvalue weighted by molar-refractivity contribution is 7.80. The molecule has 0 unspecified atom stereocenters. The zero-order valence-electron chi connectivity index (χ0n) is 12.8. The Hall–Kier alpha value is -0.640. The van der Waals surface area contributed by atoms with Crippen molar-refractivity contribution < 1.29 is 4.79 Å². The molecule has 0 aliphatic heterocycles. The summed E-state index contributed by atoms with van der Waals surface area (Å²) in [4.78, 5) is 12.8. The lowest BCUT2D eigenvalue weighted by molar-refractivity contribution is -0.128. The Morgan fingerprint density at radius 1 is 1.05 bits per heavy atom. The maximum Gasteiger partial charge on any atom is 0.233 e. The predicted octanol–water partition coefficient (Wildman–Crippen LogP) is 3.56. The van der Waals surface area contributed by atoms with Crippen LogP contribution < -0.4 is 11.1 Å². The van der Waals surface area contributed by atoms with Crippen LogP contribution in [0.1, 0.15) is 72.1 Å². The number of carbonyl (C=O) groups excluding carboxylic acids is 1. The molecule has 0 aromatic carbocycles. The van der Waals surface area contributed by atoms with Gasteiger partial charge in [0, 0.05) is 6.54 Å². The SMILES string of the molecule is CCCCCCNC(=O)C(CCC)(CCC)C(N)=S. The van der Waals surface area contributed by atoms with Gasteiger partial charge in [-0.3, -0.25) is 4.79 Å². The molecule has 4 heteroatoms. The molecule has 1 amide bonds. The topological polar surface area (TPSA) is 55.1 Å². The zero-order chi connectivity index (χ0) is 14.7. The van der Waals surface area contributed by atoms with Crippen molar-refractivity contribution in [3.8, 4) is 0 Å². The molecule has 112 valence electrons. The van der Waals surface area contributed by atoms with E-state index in [1.807, 2.05) is 0 Å². The van der Waals surface area contributed by atoms with Crippen molar-refractivity contribution in [1.82, 2.24) is 5.32 Å². The zero-order valence-corrected chi connectivity index (χ0v) is 13.6. The summed E-state index contributed by atoms with van der Waals surface area (Å²) >= 11 is 5.17. The van der Waals surface area contributed by atoms with Gasteiger partial charge in [0.05, 0.1) is 10.4 Å². The largest absolute Gasteiger partial charge is 0.392 e. The molecule has 0 spiro atoms. The first kappa shape index (κ1) is 18.4. The summed E-state index contributed by atoms with van der Waals surface area (Å²) < 4.78 is 0. The molecule has 0 saturated heterocycles. The Kier molecular flexibility index (Phi) is 9.84. The Morgan fingerprint density at radius 2 is 1.63 bits per heavy atom. The van der Waals surface area contributed by atoms with Gasteiger partial charge in [-0.05, 0) is 19.3 Å². The van der Waals surface area contributed by atoms with E-state index in [1.54, 1.807) is 0 Å². The smallest absolute Gasteiger partial charge is 0.233 e. The molecule has 0 saturated carbocycles. The number of hydrogen-bond acceptors (Lipinski definition) is 2. The first-order chi connectivity index (χ1) is 9.05. The fourth-order valence-corrected chi connectivity index (χ4v) is 2.78. The summed E-state index contributed by atoms with van der Waals surface area (Å²) in [5.74, 6) is 0.0280. The number of carbonyl (C=O) groups is 1. The number of rotatable bonds is 11. The molecule has 0 atom stereocenters. The average Bonchev–Trinajstić information content (AvgIpc) is 2.37. The van der Waals surface area contributed by atoms with Crippen LogP contribution in [0.25, 0.3) is 0 Å². The van der Waals surface area contributed by atoms with E-state index >= 15 is 0 Å². The fraction of sp³-hybridized carbons (Fsp3) is 0.867. The Bertz CT molecular complexity index is 273. The number of unbranched alkanes of at least 4 members (excludes halogenated alkanes) is 3. The lowest BCUT2D eigenvalue weighted by Crippen LogP contribution is -2.49. The van der Waals surface area contributed by atoms with Crippen molar-refractivity contribution in [3.63, 3.8) is 0 Å². The minimum Gasteiger partial charge on any atom is -0.392 e. The van der Waals surface area contributed by atoms with Gasteiger partial charge in [0.25, 0.3) is 0 Å². The van der Waals surface area contributed by atoms with Crippen LogP contribution in [0, 0.1) is 5.41 Å². The predicted molar refractivity (Wildman–Crippen MR) is 86.2 cm³/mol. The minimum atomic E-state index is -0.635. The second-order valence-electron chi connectivity index (χ2n) is 5.26. The normalized spacial score (nSPS) is 11.3. The van der Waals surface area contributed by atoms with Gasteiger partial charge in [0.15, 0.2) is 0 Å². The fourth-order valence-electron chi connectivity index (χ4n) is 2.49. The number of thiocarbonyl (C=S) groups is 1.